The quantitative estimate of drug-likeness (QED) is 0.226. The smallest absolute Gasteiger partial charge is 0.550 e. The normalized spacial score (nSPS) is 11.7. The van der Waals surface area contributed by atoms with Crippen molar-refractivity contribution in [2.24, 2.45) is 5.92 Å². The van der Waals surface area contributed by atoms with Crippen LogP contribution in [0.4, 0.5) is 0 Å². The van der Waals surface area contributed by atoms with Gasteiger partial charge in [0.25, 0.3) is 0 Å². The van der Waals surface area contributed by atoms with Crippen molar-refractivity contribution in [1.82, 2.24) is 4.90 Å². The van der Waals surface area contributed by atoms with E-state index in [4.69, 9.17) is 10.2 Å². The van der Waals surface area contributed by atoms with E-state index in [9.17, 15) is 14.7 Å². The number of rotatable bonds is 18. The second kappa shape index (κ2) is 20.6. The zero-order valence-corrected chi connectivity index (χ0v) is 19.5. The maximum Gasteiger partial charge on any atom is 1.00 e. The molecule has 1 atom stereocenters. The molecule has 0 aliphatic carbocycles. The van der Waals surface area contributed by atoms with Gasteiger partial charge in [-0.15, -0.1) is 0 Å². The number of carbonyl (C=O) groups is 2. The molecule has 0 aliphatic rings. The van der Waals surface area contributed by atoms with Crippen LogP contribution in [0, 0.1) is 5.92 Å². The van der Waals surface area contributed by atoms with Gasteiger partial charge < -0.3 is 25.0 Å². The first-order valence-electron chi connectivity index (χ1n) is 10.3. The number of carboxylic acid groups (broad SMARTS) is 1. The molecule has 0 spiro atoms. The maximum atomic E-state index is 12.5. The molecule has 0 heterocycles. The molecule has 0 rings (SSSR count). The van der Waals surface area contributed by atoms with Crippen molar-refractivity contribution in [3.63, 3.8) is 0 Å². The van der Waals surface area contributed by atoms with E-state index in [1.54, 1.807) is 0 Å². The number of aliphatic carboxylic acids is 1. The van der Waals surface area contributed by atoms with Gasteiger partial charge in [0.1, 0.15) is 0 Å². The zero-order valence-electron chi connectivity index (χ0n) is 17.5. The molecule has 0 radical (unpaired) electrons. The SMILES string of the molecule is CCCCCCCCCCCCC(CC(=O)[O-])C(=O)N(CCO)CCO.[Na+]. The minimum Gasteiger partial charge on any atom is -0.550 e. The zero-order chi connectivity index (χ0) is 19.6. The van der Waals surface area contributed by atoms with Crippen LogP contribution in [0.25, 0.3) is 0 Å². The van der Waals surface area contributed by atoms with E-state index < -0.39 is 11.9 Å². The topological polar surface area (TPSA) is 101 Å². The van der Waals surface area contributed by atoms with Crippen molar-refractivity contribution in [2.45, 2.75) is 84.0 Å². The molecule has 0 saturated carbocycles. The van der Waals surface area contributed by atoms with Crippen molar-refractivity contribution in [1.29, 1.82) is 0 Å². The molecule has 1 unspecified atom stereocenters. The summed E-state index contributed by atoms with van der Waals surface area (Å²) >= 11 is 0. The molecule has 27 heavy (non-hydrogen) atoms. The van der Waals surface area contributed by atoms with Gasteiger partial charge in [-0.3, -0.25) is 4.79 Å². The molecule has 0 bridgehead atoms. The first-order chi connectivity index (χ1) is 12.6. The minimum atomic E-state index is -1.23. The Morgan fingerprint density at radius 1 is 0.852 bits per heavy atom. The van der Waals surface area contributed by atoms with Gasteiger partial charge in [-0.1, -0.05) is 71.1 Å². The van der Waals surface area contributed by atoms with Crippen LogP contribution in [0.15, 0.2) is 0 Å². The van der Waals surface area contributed by atoms with Crippen LogP contribution < -0.4 is 34.7 Å². The summed E-state index contributed by atoms with van der Waals surface area (Å²) in [7, 11) is 0. The first-order valence-corrected chi connectivity index (χ1v) is 10.3. The van der Waals surface area contributed by atoms with Gasteiger partial charge in [-0.05, 0) is 12.8 Å². The second-order valence-electron chi connectivity index (χ2n) is 7.02. The Bertz CT molecular complexity index is 362. The standard InChI is InChI=1S/C20H39NO5.Na/c1-2-3-4-5-6-7-8-9-10-11-12-18(17-19(24)25)20(26)21(13-15-22)14-16-23;/h18,22-23H,2-17H2,1H3,(H,24,25);/q;+1/p-1. The average molecular weight is 396 g/mol. The van der Waals surface area contributed by atoms with E-state index >= 15 is 0 Å². The van der Waals surface area contributed by atoms with Gasteiger partial charge >= 0.3 is 29.6 Å². The summed E-state index contributed by atoms with van der Waals surface area (Å²) in [6.07, 6.45) is 12.0. The molecule has 0 aromatic rings. The Kier molecular flexibility index (Phi) is 22.2. The monoisotopic (exact) mass is 395 g/mol. The molecule has 6 nitrogen and oxygen atoms in total. The number of hydrogen-bond acceptors (Lipinski definition) is 5. The average Bonchev–Trinajstić information content (AvgIpc) is 2.61. The first kappa shape index (κ1) is 29.1. The number of carbonyl (C=O) groups excluding carboxylic acids is 2. The minimum absolute atomic E-state index is 0. The van der Waals surface area contributed by atoms with Crippen LogP contribution in [0.5, 0.6) is 0 Å². The molecule has 0 saturated heterocycles. The summed E-state index contributed by atoms with van der Waals surface area (Å²) in [5, 5.41) is 29.0. The van der Waals surface area contributed by atoms with Gasteiger partial charge in [-0.2, -0.15) is 0 Å². The van der Waals surface area contributed by atoms with E-state index in [1.165, 1.54) is 49.8 Å². The molecule has 0 aromatic carbocycles. The molecular formula is C20H38NNaO5. The Morgan fingerprint density at radius 2 is 1.30 bits per heavy atom. The Morgan fingerprint density at radius 3 is 1.70 bits per heavy atom. The summed E-state index contributed by atoms with van der Waals surface area (Å²) < 4.78 is 0. The van der Waals surface area contributed by atoms with Crippen molar-refractivity contribution in [2.75, 3.05) is 26.3 Å². The van der Waals surface area contributed by atoms with Gasteiger partial charge in [0.15, 0.2) is 0 Å². The van der Waals surface area contributed by atoms with E-state index in [0.29, 0.717) is 6.42 Å². The van der Waals surface area contributed by atoms with Crippen LogP contribution in [0.2, 0.25) is 0 Å². The predicted octanol–water partition coefficient (Wildman–Crippen LogP) is -1.13. The molecule has 1 amide bonds. The number of amides is 1. The van der Waals surface area contributed by atoms with Crippen molar-refractivity contribution >= 4 is 11.9 Å². The fourth-order valence-corrected chi connectivity index (χ4v) is 3.22. The number of carboxylic acids is 1. The summed E-state index contributed by atoms with van der Waals surface area (Å²) in [6, 6.07) is 0. The molecular weight excluding hydrogens is 357 g/mol. The molecule has 0 aromatic heterocycles. The van der Waals surface area contributed by atoms with Gasteiger partial charge in [0, 0.05) is 25.0 Å². The Balaban J connectivity index is 0. The fraction of sp³-hybridized carbons (Fsp3) is 0.900. The Labute approximate surface area is 187 Å². The van der Waals surface area contributed by atoms with Crippen molar-refractivity contribution in [3.8, 4) is 0 Å². The van der Waals surface area contributed by atoms with Crippen LogP contribution in [0.3, 0.4) is 0 Å². The number of hydrogen-bond donors (Lipinski definition) is 2. The van der Waals surface area contributed by atoms with E-state index in [-0.39, 0.29) is 68.2 Å². The van der Waals surface area contributed by atoms with Crippen LogP contribution in [0.1, 0.15) is 84.0 Å². The second-order valence-corrected chi connectivity index (χ2v) is 7.02. The number of unbranched alkanes of at least 4 members (excludes halogenated alkanes) is 9. The number of nitrogens with zero attached hydrogens (tertiary/aromatic N) is 1. The third-order valence-electron chi connectivity index (χ3n) is 4.72. The molecule has 154 valence electrons. The van der Waals surface area contributed by atoms with Gasteiger partial charge in [-0.25, -0.2) is 0 Å². The summed E-state index contributed by atoms with van der Waals surface area (Å²) in [5.74, 6) is -2.18. The maximum absolute atomic E-state index is 12.5. The number of aliphatic hydroxyl groups is 2. The third-order valence-corrected chi connectivity index (χ3v) is 4.72. The predicted molar refractivity (Wildman–Crippen MR) is 100 cm³/mol. The van der Waals surface area contributed by atoms with Crippen molar-refractivity contribution in [3.05, 3.63) is 0 Å². The summed E-state index contributed by atoms with van der Waals surface area (Å²) in [6.45, 7) is 2.03. The van der Waals surface area contributed by atoms with Gasteiger partial charge in [0.2, 0.25) is 5.91 Å². The number of aliphatic hydroxyl groups excluding tert-OH is 2. The van der Waals surface area contributed by atoms with Crippen LogP contribution in [-0.4, -0.2) is 53.3 Å². The fourth-order valence-electron chi connectivity index (χ4n) is 3.22. The third kappa shape index (κ3) is 16.5. The molecule has 2 N–H and O–H groups in total. The van der Waals surface area contributed by atoms with Gasteiger partial charge in [0.05, 0.1) is 13.2 Å². The van der Waals surface area contributed by atoms with Crippen molar-refractivity contribution < 1.29 is 54.5 Å². The Hall–Kier alpha value is -0.140. The van der Waals surface area contributed by atoms with E-state index in [0.717, 1.165) is 19.3 Å². The van der Waals surface area contributed by atoms with Crippen LogP contribution in [-0.2, 0) is 9.59 Å². The summed E-state index contributed by atoms with van der Waals surface area (Å²) in [5.41, 5.74) is 0. The molecule has 0 aliphatic heterocycles. The van der Waals surface area contributed by atoms with E-state index in [1.807, 2.05) is 0 Å². The van der Waals surface area contributed by atoms with E-state index in [2.05, 4.69) is 6.92 Å². The largest absolute Gasteiger partial charge is 1.00 e. The summed E-state index contributed by atoms with van der Waals surface area (Å²) in [4.78, 5) is 24.8. The molecule has 7 heteroatoms. The van der Waals surface area contributed by atoms with Crippen LogP contribution >= 0.6 is 0 Å². The molecule has 0 fully saturated rings.